The number of benzene rings is 1. The SMILES string of the molecule is CCC(O)c1ccc(N2CCOCC2CO)cc1. The number of hydrogen-bond donors (Lipinski definition) is 2. The molecule has 2 rings (SSSR count). The normalized spacial score (nSPS) is 21.9. The second-order valence-electron chi connectivity index (χ2n) is 4.62. The van der Waals surface area contributed by atoms with Crippen LogP contribution in [-0.2, 0) is 4.74 Å². The van der Waals surface area contributed by atoms with Gasteiger partial charge in [0.1, 0.15) is 0 Å². The topological polar surface area (TPSA) is 52.9 Å². The third kappa shape index (κ3) is 2.83. The van der Waals surface area contributed by atoms with Crippen molar-refractivity contribution in [2.75, 3.05) is 31.3 Å². The summed E-state index contributed by atoms with van der Waals surface area (Å²) in [5, 5.41) is 19.1. The lowest BCUT2D eigenvalue weighted by Crippen LogP contribution is -2.47. The highest BCUT2D eigenvalue weighted by atomic mass is 16.5. The smallest absolute Gasteiger partial charge is 0.0787 e. The molecule has 1 aliphatic rings. The van der Waals surface area contributed by atoms with Crippen LogP contribution in [0.1, 0.15) is 25.0 Å². The van der Waals surface area contributed by atoms with Gasteiger partial charge >= 0.3 is 0 Å². The van der Waals surface area contributed by atoms with Crippen molar-refractivity contribution < 1.29 is 14.9 Å². The van der Waals surface area contributed by atoms with Crippen LogP contribution in [0.3, 0.4) is 0 Å². The van der Waals surface area contributed by atoms with Crippen LogP contribution in [0.25, 0.3) is 0 Å². The molecule has 0 aliphatic carbocycles. The van der Waals surface area contributed by atoms with Crippen LogP contribution in [0.2, 0.25) is 0 Å². The monoisotopic (exact) mass is 251 g/mol. The van der Waals surface area contributed by atoms with Crippen LogP contribution in [0.15, 0.2) is 24.3 Å². The zero-order chi connectivity index (χ0) is 13.0. The average Bonchev–Trinajstić information content (AvgIpc) is 2.46. The minimum atomic E-state index is -0.391. The summed E-state index contributed by atoms with van der Waals surface area (Å²) >= 11 is 0. The Bertz CT molecular complexity index is 366. The van der Waals surface area contributed by atoms with E-state index in [4.69, 9.17) is 4.74 Å². The Kier molecular flexibility index (Phi) is 4.58. The summed E-state index contributed by atoms with van der Waals surface area (Å²) in [6.45, 7) is 4.11. The molecule has 0 radical (unpaired) electrons. The van der Waals surface area contributed by atoms with Gasteiger partial charge in [-0.25, -0.2) is 0 Å². The Morgan fingerprint density at radius 1 is 1.39 bits per heavy atom. The van der Waals surface area contributed by atoms with E-state index in [1.807, 2.05) is 31.2 Å². The van der Waals surface area contributed by atoms with Crippen LogP contribution in [0.4, 0.5) is 5.69 Å². The Hall–Kier alpha value is -1.10. The molecule has 4 heteroatoms. The summed E-state index contributed by atoms with van der Waals surface area (Å²) in [5.74, 6) is 0. The zero-order valence-electron chi connectivity index (χ0n) is 10.7. The molecule has 1 aromatic rings. The summed E-state index contributed by atoms with van der Waals surface area (Å²) in [6, 6.07) is 7.94. The van der Waals surface area contributed by atoms with Crippen molar-refractivity contribution in [2.45, 2.75) is 25.5 Å². The first-order valence-corrected chi connectivity index (χ1v) is 6.49. The fourth-order valence-corrected chi connectivity index (χ4v) is 2.27. The molecule has 0 saturated carbocycles. The maximum atomic E-state index is 9.76. The van der Waals surface area contributed by atoms with E-state index in [2.05, 4.69) is 4.90 Å². The van der Waals surface area contributed by atoms with Crippen molar-refractivity contribution in [1.29, 1.82) is 0 Å². The molecule has 0 aromatic heterocycles. The summed E-state index contributed by atoms with van der Waals surface area (Å²) in [7, 11) is 0. The van der Waals surface area contributed by atoms with Crippen LogP contribution >= 0.6 is 0 Å². The van der Waals surface area contributed by atoms with Gasteiger partial charge in [0.15, 0.2) is 0 Å². The first kappa shape index (κ1) is 13.3. The van der Waals surface area contributed by atoms with Crippen molar-refractivity contribution >= 4 is 5.69 Å². The summed E-state index contributed by atoms with van der Waals surface area (Å²) < 4.78 is 5.36. The summed E-state index contributed by atoms with van der Waals surface area (Å²) in [6.07, 6.45) is 0.327. The maximum absolute atomic E-state index is 9.76. The van der Waals surface area contributed by atoms with Crippen LogP contribution in [-0.4, -0.2) is 42.6 Å². The van der Waals surface area contributed by atoms with Gasteiger partial charge in [-0.3, -0.25) is 0 Å². The van der Waals surface area contributed by atoms with Gasteiger partial charge in [-0.15, -0.1) is 0 Å². The number of hydrogen-bond acceptors (Lipinski definition) is 4. The molecule has 1 aromatic carbocycles. The second kappa shape index (κ2) is 6.18. The van der Waals surface area contributed by atoms with E-state index < -0.39 is 6.10 Å². The Morgan fingerprint density at radius 2 is 2.11 bits per heavy atom. The number of morpholine rings is 1. The number of anilines is 1. The first-order valence-electron chi connectivity index (χ1n) is 6.49. The summed E-state index contributed by atoms with van der Waals surface area (Å²) in [5.41, 5.74) is 2.01. The van der Waals surface area contributed by atoms with Gasteiger partial charge in [0.05, 0.1) is 32.0 Å². The van der Waals surface area contributed by atoms with Crippen LogP contribution in [0.5, 0.6) is 0 Å². The molecule has 2 unspecified atom stereocenters. The molecule has 0 bridgehead atoms. The highest BCUT2D eigenvalue weighted by molar-refractivity contribution is 5.49. The average molecular weight is 251 g/mol. The summed E-state index contributed by atoms with van der Waals surface area (Å²) in [4.78, 5) is 2.16. The third-order valence-electron chi connectivity index (χ3n) is 3.43. The van der Waals surface area contributed by atoms with E-state index in [1.54, 1.807) is 0 Å². The molecule has 2 atom stereocenters. The molecule has 1 saturated heterocycles. The largest absolute Gasteiger partial charge is 0.394 e. The standard InChI is InChI=1S/C14H21NO3/c1-2-14(17)11-3-5-12(6-4-11)15-7-8-18-10-13(15)9-16/h3-6,13-14,16-17H,2,7-10H2,1H3. The number of rotatable bonds is 4. The fourth-order valence-electron chi connectivity index (χ4n) is 2.27. The van der Waals surface area contributed by atoms with Crippen LogP contribution in [0, 0.1) is 0 Å². The van der Waals surface area contributed by atoms with Gasteiger partial charge in [-0.05, 0) is 24.1 Å². The minimum Gasteiger partial charge on any atom is -0.394 e. The molecule has 1 heterocycles. The van der Waals surface area contributed by atoms with Gasteiger partial charge < -0.3 is 19.8 Å². The van der Waals surface area contributed by atoms with E-state index in [0.29, 0.717) is 13.2 Å². The molecular weight excluding hydrogens is 230 g/mol. The van der Waals surface area contributed by atoms with Crippen molar-refractivity contribution in [1.82, 2.24) is 0 Å². The van der Waals surface area contributed by atoms with Gasteiger partial charge in [0.25, 0.3) is 0 Å². The molecular formula is C14H21NO3. The fraction of sp³-hybridized carbons (Fsp3) is 0.571. The lowest BCUT2D eigenvalue weighted by atomic mass is 10.1. The van der Waals surface area contributed by atoms with E-state index in [-0.39, 0.29) is 12.6 Å². The van der Waals surface area contributed by atoms with E-state index in [0.717, 1.165) is 24.2 Å². The van der Waals surface area contributed by atoms with E-state index in [1.165, 1.54) is 0 Å². The maximum Gasteiger partial charge on any atom is 0.0787 e. The number of nitrogens with zero attached hydrogens (tertiary/aromatic N) is 1. The molecule has 1 fully saturated rings. The molecule has 18 heavy (non-hydrogen) atoms. The predicted octanol–water partition coefficient (Wildman–Crippen LogP) is 1.33. The van der Waals surface area contributed by atoms with Crippen molar-refractivity contribution in [3.05, 3.63) is 29.8 Å². The second-order valence-corrected chi connectivity index (χ2v) is 4.62. The zero-order valence-corrected chi connectivity index (χ0v) is 10.7. The van der Waals surface area contributed by atoms with Gasteiger partial charge in [-0.1, -0.05) is 19.1 Å². The third-order valence-corrected chi connectivity index (χ3v) is 3.43. The number of aliphatic hydroxyl groups excluding tert-OH is 2. The first-order chi connectivity index (χ1) is 8.76. The van der Waals surface area contributed by atoms with Gasteiger partial charge in [0, 0.05) is 12.2 Å². The molecule has 0 amide bonds. The van der Waals surface area contributed by atoms with E-state index in [9.17, 15) is 10.2 Å². The predicted molar refractivity (Wildman–Crippen MR) is 70.7 cm³/mol. The number of ether oxygens (including phenoxy) is 1. The Morgan fingerprint density at radius 3 is 2.72 bits per heavy atom. The Labute approximate surface area is 108 Å². The van der Waals surface area contributed by atoms with Gasteiger partial charge in [-0.2, -0.15) is 0 Å². The minimum absolute atomic E-state index is 0.0284. The molecule has 1 aliphatic heterocycles. The molecule has 100 valence electrons. The molecule has 4 nitrogen and oxygen atoms in total. The highest BCUT2D eigenvalue weighted by Crippen LogP contribution is 2.23. The van der Waals surface area contributed by atoms with Crippen molar-refractivity contribution in [3.63, 3.8) is 0 Å². The van der Waals surface area contributed by atoms with Crippen molar-refractivity contribution in [2.24, 2.45) is 0 Å². The lowest BCUT2D eigenvalue weighted by molar-refractivity contribution is 0.0727. The molecule has 0 spiro atoms. The lowest BCUT2D eigenvalue weighted by Gasteiger charge is -2.36. The molecule has 2 N–H and O–H groups in total. The Balaban J connectivity index is 2.12. The van der Waals surface area contributed by atoms with Crippen LogP contribution < -0.4 is 4.90 Å². The quantitative estimate of drug-likeness (QED) is 0.847. The number of aliphatic hydroxyl groups is 2. The van der Waals surface area contributed by atoms with E-state index >= 15 is 0 Å². The van der Waals surface area contributed by atoms with Gasteiger partial charge in [0.2, 0.25) is 0 Å². The van der Waals surface area contributed by atoms with Crippen molar-refractivity contribution in [3.8, 4) is 0 Å². The highest BCUT2D eigenvalue weighted by Gasteiger charge is 2.22.